The first-order valence-corrected chi connectivity index (χ1v) is 11.9. The highest BCUT2D eigenvalue weighted by Crippen LogP contribution is 2.32. The number of allylic oxidation sites excluding steroid dienone is 1. The zero-order chi connectivity index (χ0) is 23.0. The number of aliphatic hydroxyl groups is 1. The van der Waals surface area contributed by atoms with E-state index in [1.54, 1.807) is 0 Å². The molecule has 2 N–H and O–H groups in total. The molecule has 1 amide bonds. The van der Waals surface area contributed by atoms with Crippen LogP contribution in [0.1, 0.15) is 34.6 Å². The number of carbonyl (C=O) groups is 1. The minimum Gasteiger partial charge on any atom is -0.459 e. The van der Waals surface area contributed by atoms with Crippen LogP contribution in [-0.2, 0) is 34.0 Å². The van der Waals surface area contributed by atoms with E-state index in [0.29, 0.717) is 19.6 Å². The highest BCUT2D eigenvalue weighted by molar-refractivity contribution is 14.1. The van der Waals surface area contributed by atoms with Crippen LogP contribution in [0.25, 0.3) is 0 Å². The van der Waals surface area contributed by atoms with E-state index in [1.165, 1.54) is 0 Å². The van der Waals surface area contributed by atoms with Crippen molar-refractivity contribution in [3.8, 4) is 0 Å². The summed E-state index contributed by atoms with van der Waals surface area (Å²) >= 11 is 2.28. The third kappa shape index (κ3) is 6.66. The van der Waals surface area contributed by atoms with Crippen molar-refractivity contribution in [1.82, 2.24) is 5.32 Å². The Morgan fingerprint density at radius 3 is 2.36 bits per heavy atom. The van der Waals surface area contributed by atoms with Crippen molar-refractivity contribution in [3.05, 3.63) is 117 Å². The Bertz CT molecular complexity index is 1080. The lowest BCUT2D eigenvalue weighted by Gasteiger charge is -2.29. The number of benzene rings is 3. The standard InChI is InChI=1S/C27H26INO4/c28-24-12-10-22(11-13-24)23-14-25(27(31)29-16-19-4-2-1-3-5-19)33-26(15-23)32-18-21-8-6-20(17-30)7-9-21/h1-14,23,26,30H,15-18H2,(H,29,31)/t23-,26+/m0/s1. The van der Waals surface area contributed by atoms with Gasteiger partial charge in [0.05, 0.1) is 13.2 Å². The molecule has 0 bridgehead atoms. The second-order valence-corrected chi connectivity index (χ2v) is 9.17. The van der Waals surface area contributed by atoms with Gasteiger partial charge in [-0.2, -0.15) is 0 Å². The van der Waals surface area contributed by atoms with Gasteiger partial charge in [0.1, 0.15) is 0 Å². The van der Waals surface area contributed by atoms with E-state index < -0.39 is 6.29 Å². The Balaban J connectivity index is 1.46. The molecule has 0 saturated carbocycles. The van der Waals surface area contributed by atoms with Crippen molar-refractivity contribution >= 4 is 28.5 Å². The summed E-state index contributed by atoms with van der Waals surface area (Å²) < 4.78 is 13.2. The molecule has 170 valence electrons. The van der Waals surface area contributed by atoms with Gasteiger partial charge in [0.25, 0.3) is 5.91 Å². The minimum atomic E-state index is -0.547. The molecule has 0 fully saturated rings. The molecular formula is C27H26INO4. The van der Waals surface area contributed by atoms with Crippen LogP contribution in [0.15, 0.2) is 90.7 Å². The SMILES string of the molecule is O=C(NCc1ccccc1)C1=C[C@H](c2ccc(I)cc2)C[C@H](OCc2ccc(CO)cc2)O1. The lowest BCUT2D eigenvalue weighted by molar-refractivity contribution is -0.150. The van der Waals surface area contributed by atoms with Crippen molar-refractivity contribution in [1.29, 1.82) is 0 Å². The van der Waals surface area contributed by atoms with Crippen LogP contribution in [0, 0.1) is 3.57 Å². The molecule has 4 rings (SSSR count). The van der Waals surface area contributed by atoms with Crippen LogP contribution in [0.4, 0.5) is 0 Å². The van der Waals surface area contributed by atoms with Crippen LogP contribution in [0.3, 0.4) is 0 Å². The quantitative estimate of drug-likeness (QED) is 0.383. The first-order chi connectivity index (χ1) is 16.1. The van der Waals surface area contributed by atoms with Gasteiger partial charge in [-0.25, -0.2) is 0 Å². The van der Waals surface area contributed by atoms with E-state index in [0.717, 1.165) is 25.8 Å². The first kappa shape index (κ1) is 23.5. The topological polar surface area (TPSA) is 67.8 Å². The van der Waals surface area contributed by atoms with Crippen LogP contribution in [0.2, 0.25) is 0 Å². The fourth-order valence-electron chi connectivity index (χ4n) is 3.66. The summed E-state index contributed by atoms with van der Waals surface area (Å²) in [5.74, 6) is 0.0336. The van der Waals surface area contributed by atoms with E-state index in [9.17, 15) is 9.90 Å². The fraction of sp³-hybridized carbons (Fsp3) is 0.222. The molecule has 0 saturated heterocycles. The number of aliphatic hydroxyl groups excluding tert-OH is 1. The average Bonchev–Trinajstić information content (AvgIpc) is 2.87. The predicted octanol–water partition coefficient (Wildman–Crippen LogP) is 5.03. The Labute approximate surface area is 207 Å². The molecule has 3 aromatic carbocycles. The normalized spacial score (nSPS) is 17.7. The molecule has 1 aliphatic rings. The number of ether oxygens (including phenoxy) is 2. The van der Waals surface area contributed by atoms with Gasteiger partial charge >= 0.3 is 0 Å². The van der Waals surface area contributed by atoms with Gasteiger partial charge < -0.3 is 19.9 Å². The summed E-state index contributed by atoms with van der Waals surface area (Å²) in [4.78, 5) is 12.9. The predicted molar refractivity (Wildman–Crippen MR) is 135 cm³/mol. The molecule has 0 aliphatic carbocycles. The van der Waals surface area contributed by atoms with Gasteiger partial charge in [0, 0.05) is 22.5 Å². The maximum atomic E-state index is 12.9. The number of carbonyl (C=O) groups excluding carboxylic acids is 1. The Kier molecular flexibility index (Phi) is 8.15. The van der Waals surface area contributed by atoms with Gasteiger partial charge in [0.15, 0.2) is 5.76 Å². The van der Waals surface area contributed by atoms with E-state index in [1.807, 2.05) is 60.7 Å². The van der Waals surface area contributed by atoms with Gasteiger partial charge in [-0.15, -0.1) is 0 Å². The molecule has 0 radical (unpaired) electrons. The highest BCUT2D eigenvalue weighted by Gasteiger charge is 2.28. The van der Waals surface area contributed by atoms with E-state index in [2.05, 4.69) is 52.2 Å². The molecule has 1 heterocycles. The summed E-state index contributed by atoms with van der Waals surface area (Å²) in [6.07, 6.45) is 1.96. The Morgan fingerprint density at radius 1 is 0.970 bits per heavy atom. The summed E-state index contributed by atoms with van der Waals surface area (Å²) in [7, 11) is 0. The smallest absolute Gasteiger partial charge is 0.286 e. The van der Waals surface area contributed by atoms with Crippen molar-refractivity contribution in [3.63, 3.8) is 0 Å². The number of nitrogens with one attached hydrogen (secondary N) is 1. The molecular weight excluding hydrogens is 529 g/mol. The number of hydrogen-bond donors (Lipinski definition) is 2. The second-order valence-electron chi connectivity index (χ2n) is 7.93. The molecule has 0 spiro atoms. The number of amides is 1. The van der Waals surface area contributed by atoms with Crippen LogP contribution in [0.5, 0.6) is 0 Å². The largest absolute Gasteiger partial charge is 0.459 e. The molecule has 0 unspecified atom stereocenters. The zero-order valence-electron chi connectivity index (χ0n) is 18.1. The number of halogens is 1. The van der Waals surface area contributed by atoms with Crippen LogP contribution >= 0.6 is 22.6 Å². The van der Waals surface area contributed by atoms with Crippen molar-refractivity contribution in [2.75, 3.05) is 0 Å². The summed E-state index contributed by atoms with van der Waals surface area (Å²) in [6, 6.07) is 25.7. The molecule has 6 heteroatoms. The molecule has 3 aromatic rings. The monoisotopic (exact) mass is 555 g/mol. The molecule has 5 nitrogen and oxygen atoms in total. The zero-order valence-corrected chi connectivity index (χ0v) is 20.3. The fourth-order valence-corrected chi connectivity index (χ4v) is 4.02. The van der Waals surface area contributed by atoms with Crippen LogP contribution in [-0.4, -0.2) is 17.3 Å². The summed E-state index contributed by atoms with van der Waals surface area (Å²) in [6.45, 7) is 0.794. The molecule has 2 atom stereocenters. The number of rotatable bonds is 8. The highest BCUT2D eigenvalue weighted by atomic mass is 127. The van der Waals surface area contributed by atoms with Gasteiger partial charge in [-0.1, -0.05) is 66.7 Å². The van der Waals surface area contributed by atoms with Gasteiger partial charge in [-0.05, 0) is 63.1 Å². The maximum Gasteiger partial charge on any atom is 0.286 e. The van der Waals surface area contributed by atoms with E-state index in [-0.39, 0.29) is 24.2 Å². The Hall–Kier alpha value is -2.68. The lowest BCUT2D eigenvalue weighted by atomic mass is 9.93. The maximum absolute atomic E-state index is 12.9. The van der Waals surface area contributed by atoms with Gasteiger partial charge in [0.2, 0.25) is 6.29 Å². The Morgan fingerprint density at radius 2 is 1.67 bits per heavy atom. The third-order valence-corrected chi connectivity index (χ3v) is 6.24. The van der Waals surface area contributed by atoms with Crippen molar-refractivity contribution in [2.45, 2.75) is 38.4 Å². The lowest BCUT2D eigenvalue weighted by Crippen LogP contribution is -2.32. The molecule has 1 aliphatic heterocycles. The van der Waals surface area contributed by atoms with Crippen LogP contribution < -0.4 is 5.32 Å². The molecule has 33 heavy (non-hydrogen) atoms. The van der Waals surface area contributed by atoms with E-state index >= 15 is 0 Å². The van der Waals surface area contributed by atoms with E-state index in [4.69, 9.17) is 9.47 Å². The summed E-state index contributed by atoms with van der Waals surface area (Å²) in [5.41, 5.74) is 3.97. The summed E-state index contributed by atoms with van der Waals surface area (Å²) in [5, 5.41) is 12.2. The van der Waals surface area contributed by atoms with Crippen molar-refractivity contribution in [2.24, 2.45) is 0 Å². The number of hydrogen-bond acceptors (Lipinski definition) is 4. The van der Waals surface area contributed by atoms with Crippen molar-refractivity contribution < 1.29 is 19.4 Å². The average molecular weight is 555 g/mol. The minimum absolute atomic E-state index is 0.00925. The molecule has 0 aromatic heterocycles. The third-order valence-electron chi connectivity index (χ3n) is 5.52. The second kappa shape index (κ2) is 11.4. The first-order valence-electron chi connectivity index (χ1n) is 10.9. The van der Waals surface area contributed by atoms with Gasteiger partial charge in [-0.3, -0.25) is 4.79 Å².